The minimum absolute atomic E-state index is 0.121. The van der Waals surface area contributed by atoms with Gasteiger partial charge in [0.25, 0.3) is 0 Å². The molecule has 108 valence electrons. The number of methoxy groups -OCH3 is 1. The molecule has 3 heteroatoms. The van der Waals surface area contributed by atoms with Gasteiger partial charge in [0.2, 0.25) is 0 Å². The summed E-state index contributed by atoms with van der Waals surface area (Å²) in [5.41, 5.74) is 4.02. The van der Waals surface area contributed by atoms with Crippen molar-refractivity contribution in [1.82, 2.24) is 10.3 Å². The fraction of sp³-hybridized carbons (Fsp3) is 0.529. The summed E-state index contributed by atoms with van der Waals surface area (Å²) < 4.78 is 5.50. The second-order valence-electron chi connectivity index (χ2n) is 6.35. The molecule has 0 saturated heterocycles. The molecule has 2 N–H and O–H groups in total. The maximum Gasteiger partial charge on any atom is 0.0746 e. The van der Waals surface area contributed by atoms with Crippen LogP contribution in [-0.4, -0.2) is 24.2 Å². The third kappa shape index (κ3) is 2.48. The van der Waals surface area contributed by atoms with Crippen molar-refractivity contribution in [3.63, 3.8) is 0 Å². The van der Waals surface area contributed by atoms with Crippen LogP contribution in [0.15, 0.2) is 24.3 Å². The van der Waals surface area contributed by atoms with Crippen LogP contribution < -0.4 is 5.32 Å². The number of nitrogens with one attached hydrogen (secondary N) is 2. The smallest absolute Gasteiger partial charge is 0.0746 e. The number of rotatable bonds is 4. The molecule has 0 fully saturated rings. The van der Waals surface area contributed by atoms with Gasteiger partial charge in [0.05, 0.1) is 5.60 Å². The molecule has 0 aliphatic heterocycles. The van der Waals surface area contributed by atoms with Gasteiger partial charge in [-0.25, -0.2) is 0 Å². The SMILES string of the molecule is COC(C)(C)CNC1CCCc2c1[nH]c1ccccc21. The van der Waals surface area contributed by atoms with Gasteiger partial charge in [-0.15, -0.1) is 0 Å². The lowest BCUT2D eigenvalue weighted by Crippen LogP contribution is -2.39. The highest BCUT2D eigenvalue weighted by Gasteiger charge is 2.26. The summed E-state index contributed by atoms with van der Waals surface area (Å²) in [5.74, 6) is 0. The minimum atomic E-state index is -0.121. The van der Waals surface area contributed by atoms with E-state index in [4.69, 9.17) is 4.74 Å². The Morgan fingerprint density at radius 3 is 2.95 bits per heavy atom. The van der Waals surface area contributed by atoms with Gasteiger partial charge in [-0.2, -0.15) is 0 Å². The monoisotopic (exact) mass is 272 g/mol. The number of benzene rings is 1. The Kier molecular flexibility index (Phi) is 3.57. The van der Waals surface area contributed by atoms with Gasteiger partial charge in [-0.3, -0.25) is 0 Å². The lowest BCUT2D eigenvalue weighted by Gasteiger charge is -2.29. The highest BCUT2D eigenvalue weighted by Crippen LogP contribution is 2.34. The Balaban J connectivity index is 1.86. The molecular weight excluding hydrogens is 248 g/mol. The molecule has 1 atom stereocenters. The molecule has 1 aliphatic rings. The molecule has 1 aromatic carbocycles. The standard InChI is InChI=1S/C17H24N2O/c1-17(2,20-3)11-18-15-10-6-8-13-12-7-4-5-9-14(12)19-16(13)15/h4-5,7,9,15,18-19H,6,8,10-11H2,1-3H3. The summed E-state index contributed by atoms with van der Waals surface area (Å²) >= 11 is 0. The number of H-pyrrole nitrogens is 1. The Morgan fingerprint density at radius 2 is 2.15 bits per heavy atom. The summed E-state index contributed by atoms with van der Waals surface area (Å²) in [7, 11) is 1.77. The van der Waals surface area contributed by atoms with Crippen molar-refractivity contribution < 1.29 is 4.74 Å². The third-order valence-electron chi connectivity index (χ3n) is 4.44. The zero-order valence-electron chi connectivity index (χ0n) is 12.6. The molecule has 0 amide bonds. The first-order valence-corrected chi connectivity index (χ1v) is 7.49. The number of fused-ring (bicyclic) bond motifs is 3. The molecule has 1 heterocycles. The van der Waals surface area contributed by atoms with Crippen LogP contribution in [0.3, 0.4) is 0 Å². The number of para-hydroxylation sites is 1. The molecule has 1 aromatic heterocycles. The van der Waals surface area contributed by atoms with E-state index >= 15 is 0 Å². The van der Waals surface area contributed by atoms with E-state index in [0.29, 0.717) is 6.04 Å². The first-order chi connectivity index (χ1) is 9.61. The zero-order chi connectivity index (χ0) is 14.2. The van der Waals surface area contributed by atoms with Crippen molar-refractivity contribution in [2.75, 3.05) is 13.7 Å². The van der Waals surface area contributed by atoms with Gasteiger partial charge in [0, 0.05) is 36.3 Å². The molecule has 3 nitrogen and oxygen atoms in total. The van der Waals surface area contributed by atoms with Crippen molar-refractivity contribution in [3.8, 4) is 0 Å². The van der Waals surface area contributed by atoms with Gasteiger partial charge < -0.3 is 15.0 Å². The molecule has 0 saturated carbocycles. The van der Waals surface area contributed by atoms with E-state index in [-0.39, 0.29) is 5.60 Å². The molecular formula is C17H24N2O. The van der Waals surface area contributed by atoms with E-state index in [0.717, 1.165) is 6.54 Å². The second-order valence-corrected chi connectivity index (χ2v) is 6.35. The van der Waals surface area contributed by atoms with Crippen LogP contribution in [0.4, 0.5) is 0 Å². The third-order valence-corrected chi connectivity index (χ3v) is 4.44. The van der Waals surface area contributed by atoms with Crippen molar-refractivity contribution in [2.45, 2.75) is 44.8 Å². The van der Waals surface area contributed by atoms with Crippen LogP contribution in [0.25, 0.3) is 10.9 Å². The summed E-state index contributed by atoms with van der Waals surface area (Å²) in [6, 6.07) is 9.04. The minimum Gasteiger partial charge on any atom is -0.377 e. The average molecular weight is 272 g/mol. The predicted octanol–water partition coefficient (Wildman–Crippen LogP) is 3.56. The molecule has 0 bridgehead atoms. The van der Waals surface area contributed by atoms with Crippen molar-refractivity contribution in [2.24, 2.45) is 0 Å². The number of aromatic nitrogens is 1. The molecule has 0 spiro atoms. The highest BCUT2D eigenvalue weighted by molar-refractivity contribution is 5.85. The van der Waals surface area contributed by atoms with Crippen molar-refractivity contribution in [3.05, 3.63) is 35.5 Å². The summed E-state index contributed by atoms with van der Waals surface area (Å²) in [6.07, 6.45) is 3.63. The largest absolute Gasteiger partial charge is 0.377 e. The van der Waals surface area contributed by atoms with Crippen LogP contribution in [0.2, 0.25) is 0 Å². The highest BCUT2D eigenvalue weighted by atomic mass is 16.5. The first-order valence-electron chi connectivity index (χ1n) is 7.49. The number of hydrogen-bond acceptors (Lipinski definition) is 2. The van der Waals surface area contributed by atoms with Crippen molar-refractivity contribution in [1.29, 1.82) is 0 Å². The predicted molar refractivity (Wildman–Crippen MR) is 83.1 cm³/mol. The van der Waals surface area contributed by atoms with Gasteiger partial charge >= 0.3 is 0 Å². The van der Waals surface area contributed by atoms with E-state index in [1.807, 2.05) is 0 Å². The maximum absolute atomic E-state index is 5.50. The van der Waals surface area contributed by atoms with Gasteiger partial charge in [0.15, 0.2) is 0 Å². The van der Waals surface area contributed by atoms with Gasteiger partial charge in [-0.05, 0) is 44.7 Å². The molecule has 0 radical (unpaired) electrons. The maximum atomic E-state index is 5.50. The summed E-state index contributed by atoms with van der Waals surface area (Å²) in [5, 5.41) is 5.06. The lowest BCUT2D eigenvalue weighted by atomic mass is 9.91. The number of ether oxygens (including phenoxy) is 1. The fourth-order valence-electron chi connectivity index (χ4n) is 3.06. The van der Waals surface area contributed by atoms with Crippen LogP contribution in [0.1, 0.15) is 44.0 Å². The van der Waals surface area contributed by atoms with Gasteiger partial charge in [-0.1, -0.05) is 18.2 Å². The van der Waals surface area contributed by atoms with Gasteiger partial charge in [0.1, 0.15) is 0 Å². The molecule has 3 rings (SSSR count). The normalized spacial score (nSPS) is 19.2. The number of aromatic amines is 1. The zero-order valence-corrected chi connectivity index (χ0v) is 12.6. The fourth-order valence-corrected chi connectivity index (χ4v) is 3.06. The van der Waals surface area contributed by atoms with E-state index in [1.54, 1.807) is 7.11 Å². The topological polar surface area (TPSA) is 37.0 Å². The molecule has 1 unspecified atom stereocenters. The van der Waals surface area contributed by atoms with Crippen LogP contribution in [0.5, 0.6) is 0 Å². The average Bonchev–Trinajstić information content (AvgIpc) is 2.84. The van der Waals surface area contributed by atoms with Crippen LogP contribution in [0, 0.1) is 0 Å². The Morgan fingerprint density at radius 1 is 1.35 bits per heavy atom. The van der Waals surface area contributed by atoms with Crippen molar-refractivity contribution >= 4 is 10.9 Å². The number of aryl methyl sites for hydroxylation is 1. The van der Waals surface area contributed by atoms with Crippen LogP contribution >= 0.6 is 0 Å². The quantitative estimate of drug-likeness (QED) is 0.893. The van der Waals surface area contributed by atoms with E-state index in [1.165, 1.54) is 41.4 Å². The second kappa shape index (κ2) is 5.23. The van der Waals surface area contributed by atoms with E-state index < -0.39 is 0 Å². The summed E-state index contributed by atoms with van der Waals surface area (Å²) in [4.78, 5) is 3.62. The lowest BCUT2D eigenvalue weighted by molar-refractivity contribution is 0.0205. The Hall–Kier alpha value is -1.32. The van der Waals surface area contributed by atoms with Crippen LogP contribution in [-0.2, 0) is 11.2 Å². The van der Waals surface area contributed by atoms with E-state index in [2.05, 4.69) is 48.4 Å². The molecule has 20 heavy (non-hydrogen) atoms. The molecule has 2 aromatic rings. The summed E-state index contributed by atoms with van der Waals surface area (Å²) in [6.45, 7) is 5.10. The molecule has 1 aliphatic carbocycles. The van der Waals surface area contributed by atoms with E-state index in [9.17, 15) is 0 Å². The number of hydrogen-bond donors (Lipinski definition) is 2. The Labute approximate surface area is 120 Å². The first kappa shape index (κ1) is 13.7. The Bertz CT molecular complexity index is 600.